The van der Waals surface area contributed by atoms with Gasteiger partial charge in [0.05, 0.1) is 84.7 Å². The Morgan fingerprint density at radius 1 is 0.306 bits per heavy atom. The van der Waals surface area contributed by atoms with E-state index in [1.165, 1.54) is 0 Å². The summed E-state index contributed by atoms with van der Waals surface area (Å²) in [5.74, 6) is 0. The van der Waals surface area contributed by atoms with Crippen LogP contribution in [0.2, 0.25) is 0 Å². The van der Waals surface area contributed by atoms with Crippen molar-refractivity contribution >= 4 is 47.0 Å². The van der Waals surface area contributed by atoms with E-state index in [0.717, 1.165) is 39.1 Å². The number of ether oxygens (including phenoxy) is 8. The van der Waals surface area contributed by atoms with Crippen LogP contribution in [0.15, 0.2) is 0 Å². The van der Waals surface area contributed by atoms with Gasteiger partial charge >= 0.3 is 0 Å². The molecule has 0 saturated carbocycles. The Hall–Kier alpha value is 1.08. The van der Waals surface area contributed by atoms with Crippen molar-refractivity contribution in [3.63, 3.8) is 0 Å². The molecule has 0 radical (unpaired) electrons. The van der Waals surface area contributed by atoms with Gasteiger partial charge in [-0.15, -0.1) is 0 Å². The molecule has 0 aliphatic heterocycles. The third-order valence-electron chi connectivity index (χ3n) is 4.37. The fourth-order valence-corrected chi connectivity index (χ4v) is 2.76. The molecule has 314 valence electrons. The summed E-state index contributed by atoms with van der Waals surface area (Å²) in [5, 5.41) is 0. The van der Waals surface area contributed by atoms with E-state index in [0.29, 0.717) is 85.9 Å². The fourth-order valence-electron chi connectivity index (χ4n) is 2.76. The molecule has 0 bridgehead atoms. The van der Waals surface area contributed by atoms with Crippen molar-refractivity contribution in [3.8, 4) is 0 Å². The average molecular weight is 795 g/mol. The molecule has 0 fully saturated rings. The van der Waals surface area contributed by atoms with E-state index in [2.05, 4.69) is 20.8 Å². The quantitative estimate of drug-likeness (QED) is 0.0743. The van der Waals surface area contributed by atoms with Crippen LogP contribution < -0.4 is 0 Å². The van der Waals surface area contributed by atoms with Gasteiger partial charge in [-0.1, -0.05) is 57.9 Å². The second-order valence-electron chi connectivity index (χ2n) is 9.38. The molecule has 49 heavy (non-hydrogen) atoms. The molecule has 0 rings (SSSR count). The van der Waals surface area contributed by atoms with Crippen LogP contribution in [0.25, 0.3) is 0 Å². The zero-order chi connectivity index (χ0) is 34.4. The van der Waals surface area contributed by atoms with Gasteiger partial charge in [-0.05, 0) is 76.2 Å². The summed E-state index contributed by atoms with van der Waals surface area (Å²) in [4.78, 5) is 0. The van der Waals surface area contributed by atoms with Gasteiger partial charge in [-0.25, -0.2) is 0 Å². The minimum absolute atomic E-state index is 0. The zero-order valence-electron chi connectivity index (χ0n) is 30.8. The Labute approximate surface area is 328 Å². The molecule has 0 N–H and O–H groups in total. The second-order valence-corrected chi connectivity index (χ2v) is 12.6. The summed E-state index contributed by atoms with van der Waals surface area (Å²) < 4.78 is 45.8. The maximum absolute atomic E-state index is 5.96. The highest BCUT2D eigenvalue weighted by molar-refractivity contribution is 7.98. The van der Waals surface area contributed by atoms with Crippen molar-refractivity contribution in [3.05, 3.63) is 0 Å². The van der Waals surface area contributed by atoms with Crippen molar-refractivity contribution in [1.82, 2.24) is 0 Å². The molecule has 8 nitrogen and oxygen atoms in total. The Bertz CT molecular complexity index is 385. The van der Waals surface area contributed by atoms with Gasteiger partial charge in [0.2, 0.25) is 0 Å². The van der Waals surface area contributed by atoms with Gasteiger partial charge < -0.3 is 37.9 Å². The summed E-state index contributed by atoms with van der Waals surface area (Å²) in [7, 11) is 0. The average Bonchev–Trinajstić information content (AvgIpc) is 3.00. The van der Waals surface area contributed by atoms with E-state index >= 15 is 0 Å². The van der Waals surface area contributed by atoms with E-state index in [4.69, 9.17) is 37.9 Å². The lowest BCUT2D eigenvalue weighted by molar-refractivity contribution is -0.121. The Balaban J connectivity index is -0.0000000974. The molecule has 0 aromatic carbocycles. The monoisotopic (exact) mass is 795 g/mol. The Morgan fingerprint density at radius 2 is 0.490 bits per heavy atom. The van der Waals surface area contributed by atoms with Crippen molar-refractivity contribution in [1.29, 1.82) is 0 Å². The first-order valence-electron chi connectivity index (χ1n) is 15.6. The molecule has 0 spiro atoms. The molecule has 0 saturated heterocycles. The smallest absolute Gasteiger partial charge is 0.0700 e. The number of hydrogen-bond acceptors (Lipinski definition) is 12. The molecule has 0 atom stereocenters. The Morgan fingerprint density at radius 3 is 0.673 bits per heavy atom. The maximum Gasteiger partial charge on any atom is 0.0700 e. The van der Waals surface area contributed by atoms with Crippen molar-refractivity contribution < 1.29 is 37.9 Å². The van der Waals surface area contributed by atoms with Crippen LogP contribution in [0.3, 0.4) is 0 Å². The van der Waals surface area contributed by atoms with Gasteiger partial charge in [0.15, 0.2) is 0 Å². The first-order valence-corrected chi connectivity index (χ1v) is 22.2. The lowest BCUT2D eigenvalue weighted by atomic mass is 9.92. The third kappa shape index (κ3) is 83.6. The fraction of sp³-hybridized carbons (Fsp3) is 1.00. The molecular weight excluding hydrogens is 701 g/mol. The first kappa shape index (κ1) is 75.1. The number of rotatable bonds is 27. The van der Waals surface area contributed by atoms with Gasteiger partial charge in [0.1, 0.15) is 0 Å². The van der Waals surface area contributed by atoms with Gasteiger partial charge in [0, 0.05) is 26.4 Å². The van der Waals surface area contributed by atoms with Crippen molar-refractivity contribution in [2.45, 2.75) is 84.1 Å². The molecule has 0 aliphatic rings. The molecule has 12 heteroatoms. The molecular formula is C37H94O8S4. The van der Waals surface area contributed by atoms with Crippen LogP contribution in [0.4, 0.5) is 0 Å². The number of thioether (sulfide) groups is 4. The van der Waals surface area contributed by atoms with Crippen LogP contribution in [0.1, 0.15) is 84.1 Å². The van der Waals surface area contributed by atoms with Crippen LogP contribution in [0.5, 0.6) is 0 Å². The minimum atomic E-state index is -0.424. The molecule has 0 aromatic heterocycles. The first-order chi connectivity index (χ1) is 21.4. The minimum Gasteiger partial charge on any atom is -0.379 e. The predicted octanol–water partition coefficient (Wildman–Crippen LogP) is 10.5. The van der Waals surface area contributed by atoms with E-state index in [1.807, 2.05) is 57.0 Å². The van der Waals surface area contributed by atoms with Gasteiger partial charge in [-0.2, -0.15) is 47.0 Å². The summed E-state index contributed by atoms with van der Waals surface area (Å²) in [6, 6.07) is 0. The molecule has 0 aliphatic carbocycles. The Kier molecular flexibility index (Phi) is 120. The lowest BCUT2D eigenvalue weighted by Crippen LogP contribution is -2.42. The van der Waals surface area contributed by atoms with E-state index in [-0.39, 0.29) is 37.1 Å². The van der Waals surface area contributed by atoms with Crippen molar-refractivity contribution in [2.24, 2.45) is 5.41 Å². The number of hydrogen-bond donors (Lipinski definition) is 0. The van der Waals surface area contributed by atoms with Crippen LogP contribution >= 0.6 is 47.0 Å². The second kappa shape index (κ2) is 78.2. The highest BCUT2D eigenvalue weighted by atomic mass is 32.2. The van der Waals surface area contributed by atoms with Crippen molar-refractivity contribution in [2.75, 3.05) is 156 Å². The summed E-state index contributed by atoms with van der Waals surface area (Å²) in [5.41, 5.74) is -0.424. The SMILES string of the molecule is C.C.C.C.C.CCCOCCOCC(COCCOCC)(COCCOCCC)COCCOCCC.CSC.CSC.CSC.CSC. The molecule has 0 amide bonds. The summed E-state index contributed by atoms with van der Waals surface area (Å²) in [6.07, 6.45) is 19.3. The molecule has 0 unspecified atom stereocenters. The third-order valence-corrected chi connectivity index (χ3v) is 4.37. The lowest BCUT2D eigenvalue weighted by Gasteiger charge is -2.33. The highest BCUT2D eigenvalue weighted by Crippen LogP contribution is 2.21. The summed E-state index contributed by atoms with van der Waals surface area (Å²) >= 11 is 7.00. The normalized spacial score (nSPS) is 9.31. The van der Waals surface area contributed by atoms with E-state index in [9.17, 15) is 0 Å². The van der Waals surface area contributed by atoms with E-state index < -0.39 is 5.41 Å². The highest BCUT2D eigenvalue weighted by Gasteiger charge is 2.32. The standard InChI is InChI=1S/C24H50O8.4C2H6S.5CH4/c1-5-9-26-13-17-30-21-24(20-29-16-12-25-8-4,22-31-18-14-27-10-6-2)23-32-19-15-28-11-7-3;4*1-3-2;;;;;/h5-23H2,1-4H3;4*1-2H3;5*1H4. The summed E-state index contributed by atoms with van der Waals surface area (Å²) in [6.45, 7) is 17.4. The predicted molar refractivity (Wildman–Crippen MR) is 237 cm³/mol. The van der Waals surface area contributed by atoms with Crippen LogP contribution in [0, 0.1) is 5.41 Å². The van der Waals surface area contributed by atoms with Crippen LogP contribution in [-0.2, 0) is 37.9 Å². The largest absolute Gasteiger partial charge is 0.379 e. The zero-order valence-corrected chi connectivity index (χ0v) is 34.1. The van der Waals surface area contributed by atoms with Gasteiger partial charge in [-0.3, -0.25) is 0 Å². The topological polar surface area (TPSA) is 73.8 Å². The van der Waals surface area contributed by atoms with E-state index in [1.54, 1.807) is 47.0 Å². The molecule has 0 heterocycles. The molecule has 0 aromatic rings. The van der Waals surface area contributed by atoms with Crippen LogP contribution in [-0.4, -0.2) is 156 Å². The maximum atomic E-state index is 5.96. The van der Waals surface area contributed by atoms with Gasteiger partial charge in [0.25, 0.3) is 0 Å².